The van der Waals surface area contributed by atoms with Crippen molar-refractivity contribution in [3.8, 4) is 0 Å². The van der Waals surface area contributed by atoms with Crippen molar-refractivity contribution in [3.05, 3.63) is 65.2 Å². The van der Waals surface area contributed by atoms with Gasteiger partial charge in [-0.25, -0.2) is 4.98 Å². The maximum absolute atomic E-state index is 11.9. The Labute approximate surface area is 120 Å². The Kier molecular flexibility index (Phi) is 3.36. The summed E-state index contributed by atoms with van der Waals surface area (Å²) in [5.74, 6) is -0.387. The van der Waals surface area contributed by atoms with E-state index < -0.39 is 0 Å². The second-order valence-corrected chi connectivity index (χ2v) is 5.70. The number of aromatic nitrogens is 1. The summed E-state index contributed by atoms with van der Waals surface area (Å²) in [6, 6.07) is 17.6. The minimum atomic E-state index is -0.387. The summed E-state index contributed by atoms with van der Waals surface area (Å²) >= 11 is 5.57. The van der Waals surface area contributed by atoms with Gasteiger partial charge in [0.25, 0.3) is 0 Å². The predicted octanol–water partition coefficient (Wildman–Crippen LogP) is 3.88. The molecule has 0 N–H and O–H groups in total. The fourth-order valence-corrected chi connectivity index (χ4v) is 3.50. The third kappa shape index (κ3) is 2.41. The van der Waals surface area contributed by atoms with Gasteiger partial charge in [0.2, 0.25) is 0 Å². The van der Waals surface area contributed by atoms with E-state index in [0.29, 0.717) is 0 Å². The number of fused-ring (bicyclic) bond motifs is 1. The Bertz CT molecular complexity index is 688. The van der Waals surface area contributed by atoms with Crippen LogP contribution in [0.25, 0.3) is 10.2 Å². The van der Waals surface area contributed by atoms with Gasteiger partial charge in [0, 0.05) is 0 Å². The van der Waals surface area contributed by atoms with Gasteiger partial charge in [0.15, 0.2) is 5.12 Å². The highest BCUT2D eigenvalue weighted by molar-refractivity contribution is 7.96. The van der Waals surface area contributed by atoms with Gasteiger partial charge in [-0.1, -0.05) is 42.5 Å². The SMILES string of the molecule is O=C(S)C(c1ccccc1)c1nc2ccccc2s1. The second-order valence-electron chi connectivity index (χ2n) is 4.20. The molecule has 0 amide bonds. The molecule has 94 valence electrons. The van der Waals surface area contributed by atoms with Crippen molar-refractivity contribution in [2.24, 2.45) is 0 Å². The lowest BCUT2D eigenvalue weighted by Crippen LogP contribution is -2.08. The molecule has 0 saturated heterocycles. The predicted molar refractivity (Wildman–Crippen MR) is 81.9 cm³/mol. The van der Waals surface area contributed by atoms with Crippen LogP contribution in [0.5, 0.6) is 0 Å². The first-order valence-corrected chi connectivity index (χ1v) is 7.15. The van der Waals surface area contributed by atoms with Crippen LogP contribution in [0.2, 0.25) is 0 Å². The van der Waals surface area contributed by atoms with Crippen molar-refractivity contribution in [1.29, 1.82) is 0 Å². The summed E-state index contributed by atoms with van der Waals surface area (Å²) < 4.78 is 1.09. The first kappa shape index (κ1) is 12.4. The number of carbonyl (C=O) groups excluding carboxylic acids is 1. The molecule has 0 fully saturated rings. The fourth-order valence-electron chi connectivity index (χ4n) is 2.05. The Morgan fingerprint density at radius 3 is 2.42 bits per heavy atom. The van der Waals surface area contributed by atoms with Crippen molar-refractivity contribution in [3.63, 3.8) is 0 Å². The standard InChI is InChI=1S/C15H11NOS2/c17-15(18)13(10-6-2-1-3-7-10)14-16-11-8-4-5-9-12(11)19-14/h1-9,13H,(H,17,18). The first-order valence-electron chi connectivity index (χ1n) is 5.89. The van der Waals surface area contributed by atoms with Gasteiger partial charge in [0.05, 0.1) is 10.2 Å². The highest BCUT2D eigenvalue weighted by Gasteiger charge is 2.23. The molecule has 3 aromatic rings. The van der Waals surface area contributed by atoms with Crippen LogP contribution >= 0.6 is 24.0 Å². The quantitative estimate of drug-likeness (QED) is 0.740. The highest BCUT2D eigenvalue weighted by Crippen LogP contribution is 2.33. The summed E-state index contributed by atoms with van der Waals surface area (Å²) in [4.78, 5) is 16.4. The maximum Gasteiger partial charge on any atom is 0.200 e. The molecule has 1 heterocycles. The Morgan fingerprint density at radius 2 is 1.74 bits per heavy atom. The number of thiol groups is 1. The summed E-state index contributed by atoms with van der Waals surface area (Å²) in [7, 11) is 0. The van der Waals surface area contributed by atoms with Crippen LogP contribution in [0.3, 0.4) is 0 Å². The molecular weight excluding hydrogens is 274 g/mol. The number of thiazole rings is 1. The van der Waals surface area contributed by atoms with Gasteiger partial charge in [-0.3, -0.25) is 4.79 Å². The number of carbonyl (C=O) groups is 1. The molecule has 1 atom stereocenters. The molecule has 1 aromatic heterocycles. The largest absolute Gasteiger partial charge is 0.286 e. The first-order chi connectivity index (χ1) is 9.25. The Balaban J connectivity index is 2.12. The van der Waals surface area contributed by atoms with E-state index in [1.165, 1.54) is 0 Å². The molecule has 4 heteroatoms. The van der Waals surface area contributed by atoms with Gasteiger partial charge >= 0.3 is 0 Å². The van der Waals surface area contributed by atoms with Crippen molar-refractivity contribution < 1.29 is 4.79 Å². The van der Waals surface area contributed by atoms with Gasteiger partial charge in [-0.2, -0.15) is 0 Å². The molecule has 0 radical (unpaired) electrons. The molecular formula is C15H11NOS2. The van der Waals surface area contributed by atoms with Crippen LogP contribution in [0.1, 0.15) is 16.5 Å². The number of benzene rings is 2. The topological polar surface area (TPSA) is 30.0 Å². The fraction of sp³-hybridized carbons (Fsp3) is 0.0667. The van der Waals surface area contributed by atoms with Crippen molar-refractivity contribution in [1.82, 2.24) is 4.98 Å². The van der Waals surface area contributed by atoms with E-state index >= 15 is 0 Å². The zero-order valence-electron chi connectivity index (χ0n) is 9.98. The summed E-state index contributed by atoms with van der Waals surface area (Å²) in [5.41, 5.74) is 1.86. The molecule has 0 aliphatic rings. The van der Waals surface area contributed by atoms with E-state index in [1.54, 1.807) is 11.3 Å². The van der Waals surface area contributed by atoms with E-state index in [0.717, 1.165) is 20.8 Å². The van der Waals surface area contributed by atoms with E-state index in [4.69, 9.17) is 0 Å². The molecule has 0 aliphatic carbocycles. The lowest BCUT2D eigenvalue weighted by Gasteiger charge is -2.09. The van der Waals surface area contributed by atoms with Gasteiger partial charge in [0.1, 0.15) is 10.9 Å². The molecule has 3 rings (SSSR count). The molecule has 1 unspecified atom stereocenters. The van der Waals surface area contributed by atoms with Crippen molar-refractivity contribution >= 4 is 39.3 Å². The van der Waals surface area contributed by atoms with Crippen molar-refractivity contribution in [2.75, 3.05) is 0 Å². The number of nitrogens with zero attached hydrogens (tertiary/aromatic N) is 1. The Morgan fingerprint density at radius 1 is 1.05 bits per heavy atom. The third-order valence-electron chi connectivity index (χ3n) is 2.94. The average molecular weight is 285 g/mol. The van der Waals surface area contributed by atoms with E-state index in [1.807, 2.05) is 54.6 Å². The molecule has 0 saturated carbocycles. The van der Waals surface area contributed by atoms with Crippen molar-refractivity contribution in [2.45, 2.75) is 5.92 Å². The number of para-hydroxylation sites is 1. The molecule has 19 heavy (non-hydrogen) atoms. The number of hydrogen-bond donors (Lipinski definition) is 1. The Hall–Kier alpha value is -1.65. The molecule has 2 nitrogen and oxygen atoms in total. The van der Waals surface area contributed by atoms with E-state index in [9.17, 15) is 4.79 Å². The van der Waals surface area contributed by atoms with Crippen LogP contribution in [0, 0.1) is 0 Å². The second kappa shape index (κ2) is 5.15. The zero-order chi connectivity index (χ0) is 13.2. The lowest BCUT2D eigenvalue weighted by atomic mass is 10.0. The van der Waals surface area contributed by atoms with Gasteiger partial charge in [-0.15, -0.1) is 24.0 Å². The van der Waals surface area contributed by atoms with Crippen LogP contribution in [-0.2, 0) is 4.79 Å². The normalized spacial score (nSPS) is 12.5. The lowest BCUT2D eigenvalue weighted by molar-refractivity contribution is -0.111. The minimum absolute atomic E-state index is 0.176. The highest BCUT2D eigenvalue weighted by atomic mass is 32.1. The summed E-state index contributed by atoms with van der Waals surface area (Å²) in [6.07, 6.45) is 0. The summed E-state index contributed by atoms with van der Waals surface area (Å²) in [6.45, 7) is 0. The van der Waals surface area contributed by atoms with E-state index in [2.05, 4.69) is 17.6 Å². The van der Waals surface area contributed by atoms with Crippen LogP contribution in [-0.4, -0.2) is 10.1 Å². The van der Waals surface area contributed by atoms with Gasteiger partial charge < -0.3 is 0 Å². The molecule has 0 spiro atoms. The summed E-state index contributed by atoms with van der Waals surface area (Å²) in [5, 5.41) is 0.623. The van der Waals surface area contributed by atoms with E-state index in [-0.39, 0.29) is 11.0 Å². The third-order valence-corrected chi connectivity index (χ3v) is 4.30. The van der Waals surface area contributed by atoms with Crippen LogP contribution in [0.4, 0.5) is 0 Å². The maximum atomic E-state index is 11.9. The van der Waals surface area contributed by atoms with Gasteiger partial charge in [-0.05, 0) is 17.7 Å². The zero-order valence-corrected chi connectivity index (χ0v) is 11.7. The smallest absolute Gasteiger partial charge is 0.200 e. The average Bonchev–Trinajstić information content (AvgIpc) is 2.82. The number of hydrogen-bond acceptors (Lipinski definition) is 3. The molecule has 2 aromatic carbocycles. The molecule has 0 aliphatic heterocycles. The van der Waals surface area contributed by atoms with Crippen LogP contribution in [0.15, 0.2) is 54.6 Å². The number of rotatable bonds is 3. The minimum Gasteiger partial charge on any atom is -0.286 e. The van der Waals surface area contributed by atoms with Crippen LogP contribution < -0.4 is 0 Å². The molecule has 0 bridgehead atoms. The monoisotopic (exact) mass is 285 g/mol.